The van der Waals surface area contributed by atoms with Crippen molar-refractivity contribution in [3.05, 3.63) is 35.4 Å². The van der Waals surface area contributed by atoms with Crippen molar-refractivity contribution in [2.75, 3.05) is 18.8 Å². The molecule has 1 heterocycles. The highest BCUT2D eigenvalue weighted by molar-refractivity contribution is 7.89. The van der Waals surface area contributed by atoms with E-state index in [1.807, 2.05) is 12.1 Å². The van der Waals surface area contributed by atoms with Gasteiger partial charge in [-0.3, -0.25) is 10.0 Å². The Balaban J connectivity index is 1.94. The van der Waals surface area contributed by atoms with E-state index in [0.29, 0.717) is 19.0 Å². The Morgan fingerprint density at radius 3 is 2.55 bits per heavy atom. The maximum Gasteiger partial charge on any atom is 0.244 e. The quantitative estimate of drug-likeness (QED) is 0.632. The second-order valence-electron chi connectivity index (χ2n) is 5.63. The molecule has 1 aromatic carbocycles. The molecular formula is C15H22N2O4S. The summed E-state index contributed by atoms with van der Waals surface area (Å²) in [6.45, 7) is 3.02. The number of aryl methyl sites for hydroxylation is 1. The smallest absolute Gasteiger partial charge is 0.244 e. The molecule has 1 amide bonds. The van der Waals surface area contributed by atoms with E-state index in [1.54, 1.807) is 0 Å². The van der Waals surface area contributed by atoms with Crippen molar-refractivity contribution in [2.45, 2.75) is 32.1 Å². The van der Waals surface area contributed by atoms with E-state index in [-0.39, 0.29) is 12.2 Å². The predicted octanol–water partition coefficient (Wildman–Crippen LogP) is 1.40. The summed E-state index contributed by atoms with van der Waals surface area (Å²) in [6.07, 6.45) is 1.35. The fraction of sp³-hybridized carbons (Fsp3) is 0.533. The van der Waals surface area contributed by atoms with E-state index >= 15 is 0 Å². The van der Waals surface area contributed by atoms with Crippen molar-refractivity contribution < 1.29 is 18.4 Å². The van der Waals surface area contributed by atoms with Gasteiger partial charge in [0.15, 0.2) is 0 Å². The van der Waals surface area contributed by atoms with Gasteiger partial charge in [-0.2, -0.15) is 0 Å². The first kappa shape index (κ1) is 16.9. The van der Waals surface area contributed by atoms with Gasteiger partial charge < -0.3 is 0 Å². The van der Waals surface area contributed by atoms with Gasteiger partial charge in [0.05, 0.1) is 5.75 Å². The highest BCUT2D eigenvalue weighted by atomic mass is 32.2. The maximum atomic E-state index is 12.2. The molecule has 7 heteroatoms. The number of nitrogens with one attached hydrogen (secondary N) is 1. The second kappa shape index (κ2) is 7.21. The summed E-state index contributed by atoms with van der Waals surface area (Å²) in [6, 6.07) is 8.20. The van der Waals surface area contributed by atoms with E-state index in [1.165, 1.54) is 20.9 Å². The van der Waals surface area contributed by atoms with Gasteiger partial charge in [0, 0.05) is 19.5 Å². The van der Waals surface area contributed by atoms with Crippen molar-refractivity contribution in [3.63, 3.8) is 0 Å². The molecule has 1 fully saturated rings. The first-order valence-electron chi connectivity index (χ1n) is 7.40. The van der Waals surface area contributed by atoms with Crippen LogP contribution in [0.15, 0.2) is 24.3 Å². The molecule has 0 atom stereocenters. The van der Waals surface area contributed by atoms with Gasteiger partial charge in [-0.1, -0.05) is 24.3 Å². The van der Waals surface area contributed by atoms with E-state index < -0.39 is 15.9 Å². The Kier molecular flexibility index (Phi) is 5.55. The number of carbonyl (C=O) groups excluding carboxylic acids is 1. The Morgan fingerprint density at radius 2 is 1.95 bits per heavy atom. The van der Waals surface area contributed by atoms with Gasteiger partial charge in [0.2, 0.25) is 15.9 Å². The van der Waals surface area contributed by atoms with Crippen LogP contribution in [0.1, 0.15) is 36.3 Å². The highest BCUT2D eigenvalue weighted by Crippen LogP contribution is 2.31. The molecule has 1 aliphatic heterocycles. The molecule has 0 aliphatic carbocycles. The average molecular weight is 326 g/mol. The molecule has 0 unspecified atom stereocenters. The molecule has 0 bridgehead atoms. The zero-order valence-corrected chi connectivity index (χ0v) is 13.5. The lowest BCUT2D eigenvalue weighted by Gasteiger charge is -2.32. The summed E-state index contributed by atoms with van der Waals surface area (Å²) in [4.78, 5) is 11.0. The third-order valence-electron chi connectivity index (χ3n) is 4.19. The predicted molar refractivity (Wildman–Crippen MR) is 83.1 cm³/mol. The summed E-state index contributed by atoms with van der Waals surface area (Å²) in [7, 11) is -3.44. The number of piperidine rings is 1. The van der Waals surface area contributed by atoms with Crippen LogP contribution in [-0.2, 0) is 14.8 Å². The minimum Gasteiger partial charge on any atom is -0.289 e. The number of nitrogens with zero attached hydrogens (tertiary/aromatic N) is 1. The van der Waals surface area contributed by atoms with Gasteiger partial charge in [0.25, 0.3) is 0 Å². The van der Waals surface area contributed by atoms with Gasteiger partial charge >= 0.3 is 0 Å². The number of sulfonamides is 1. The second-order valence-corrected chi connectivity index (χ2v) is 7.72. The SMILES string of the molecule is Cc1ccccc1C1CCN(S(=O)(=O)CCC(=O)NO)CC1. The van der Waals surface area contributed by atoms with Crippen molar-refractivity contribution in [3.8, 4) is 0 Å². The molecule has 0 spiro atoms. The monoisotopic (exact) mass is 326 g/mol. The van der Waals surface area contributed by atoms with Crippen molar-refractivity contribution in [2.24, 2.45) is 0 Å². The minimum absolute atomic E-state index is 0.226. The molecule has 1 saturated heterocycles. The van der Waals surface area contributed by atoms with Crippen LogP contribution in [-0.4, -0.2) is 42.7 Å². The molecular weight excluding hydrogens is 304 g/mol. The fourth-order valence-corrected chi connectivity index (χ4v) is 4.37. The normalized spacial score (nSPS) is 17.4. The number of hydroxylamine groups is 1. The summed E-state index contributed by atoms with van der Waals surface area (Å²) in [5, 5.41) is 8.42. The molecule has 2 N–H and O–H groups in total. The Morgan fingerprint density at radius 1 is 1.32 bits per heavy atom. The molecule has 0 saturated carbocycles. The third kappa shape index (κ3) is 4.06. The Bertz CT molecular complexity index is 622. The number of hydrogen-bond acceptors (Lipinski definition) is 4. The summed E-state index contributed by atoms with van der Waals surface area (Å²) in [5.74, 6) is -0.569. The van der Waals surface area contributed by atoms with E-state index in [0.717, 1.165) is 12.8 Å². The lowest BCUT2D eigenvalue weighted by Crippen LogP contribution is -2.40. The number of benzene rings is 1. The minimum atomic E-state index is -3.44. The molecule has 1 aromatic rings. The summed E-state index contributed by atoms with van der Waals surface area (Å²) in [5.41, 5.74) is 3.98. The van der Waals surface area contributed by atoms with Crippen LogP contribution >= 0.6 is 0 Å². The Hall–Kier alpha value is -1.44. The number of rotatable bonds is 5. The largest absolute Gasteiger partial charge is 0.289 e. The van der Waals surface area contributed by atoms with Crippen LogP contribution in [0.4, 0.5) is 0 Å². The molecule has 0 aromatic heterocycles. The molecule has 22 heavy (non-hydrogen) atoms. The lowest BCUT2D eigenvalue weighted by molar-refractivity contribution is -0.128. The fourth-order valence-electron chi connectivity index (χ4n) is 2.90. The van der Waals surface area contributed by atoms with Crippen molar-refractivity contribution in [1.82, 2.24) is 9.79 Å². The van der Waals surface area contributed by atoms with Crippen molar-refractivity contribution in [1.29, 1.82) is 0 Å². The average Bonchev–Trinajstić information content (AvgIpc) is 2.53. The highest BCUT2D eigenvalue weighted by Gasteiger charge is 2.29. The first-order valence-corrected chi connectivity index (χ1v) is 9.01. The van der Waals surface area contributed by atoms with Gasteiger partial charge in [-0.25, -0.2) is 18.2 Å². The van der Waals surface area contributed by atoms with Crippen LogP contribution in [0.2, 0.25) is 0 Å². The van der Waals surface area contributed by atoms with E-state index in [2.05, 4.69) is 19.1 Å². The molecule has 6 nitrogen and oxygen atoms in total. The van der Waals surface area contributed by atoms with Crippen molar-refractivity contribution >= 4 is 15.9 Å². The topological polar surface area (TPSA) is 86.7 Å². The summed E-state index contributed by atoms with van der Waals surface area (Å²) >= 11 is 0. The molecule has 1 aliphatic rings. The van der Waals surface area contributed by atoms with E-state index in [4.69, 9.17) is 5.21 Å². The Labute approximate surface area is 131 Å². The lowest BCUT2D eigenvalue weighted by atomic mass is 9.87. The van der Waals surface area contributed by atoms with Crippen LogP contribution in [0.5, 0.6) is 0 Å². The zero-order chi connectivity index (χ0) is 16.2. The maximum absolute atomic E-state index is 12.2. The van der Waals surface area contributed by atoms with Crippen LogP contribution in [0, 0.1) is 6.92 Å². The standard InChI is InChI=1S/C15H22N2O4S/c1-12-4-2-3-5-14(12)13-6-9-17(10-7-13)22(20,21)11-8-15(18)16-19/h2-5,13,19H,6-11H2,1H3,(H,16,18). The van der Waals surface area contributed by atoms with Crippen LogP contribution in [0.3, 0.4) is 0 Å². The van der Waals surface area contributed by atoms with E-state index in [9.17, 15) is 13.2 Å². The van der Waals surface area contributed by atoms with Gasteiger partial charge in [-0.15, -0.1) is 0 Å². The molecule has 122 valence electrons. The van der Waals surface area contributed by atoms with Gasteiger partial charge in [0.1, 0.15) is 0 Å². The molecule has 0 radical (unpaired) electrons. The summed E-state index contributed by atoms with van der Waals surface area (Å²) < 4.78 is 25.8. The first-order chi connectivity index (χ1) is 10.4. The number of hydrogen-bond donors (Lipinski definition) is 2. The zero-order valence-electron chi connectivity index (χ0n) is 12.7. The van der Waals surface area contributed by atoms with Crippen LogP contribution in [0.25, 0.3) is 0 Å². The van der Waals surface area contributed by atoms with Crippen LogP contribution < -0.4 is 5.48 Å². The number of carbonyl (C=O) groups is 1. The third-order valence-corrected chi connectivity index (χ3v) is 6.06. The number of amides is 1. The molecule has 2 rings (SSSR count). The van der Waals surface area contributed by atoms with Gasteiger partial charge in [-0.05, 0) is 36.8 Å².